The van der Waals surface area contributed by atoms with E-state index in [1.165, 1.54) is 0 Å². The summed E-state index contributed by atoms with van der Waals surface area (Å²) in [7, 11) is 0. The van der Waals surface area contributed by atoms with Crippen molar-refractivity contribution in [3.63, 3.8) is 0 Å². The first-order valence-electron chi connectivity index (χ1n) is 7.10. The summed E-state index contributed by atoms with van der Waals surface area (Å²) in [6.45, 7) is 2.54. The Morgan fingerprint density at radius 1 is 1.23 bits per heavy atom. The fourth-order valence-electron chi connectivity index (χ4n) is 2.41. The molecular formula is C18H16BrNO2. The van der Waals surface area contributed by atoms with Gasteiger partial charge in [-0.1, -0.05) is 40.2 Å². The summed E-state index contributed by atoms with van der Waals surface area (Å²) >= 11 is 3.43. The Kier molecular flexibility index (Phi) is 4.29. The maximum absolute atomic E-state index is 12.1. The first-order chi connectivity index (χ1) is 10.6. The molecule has 0 aliphatic carbocycles. The van der Waals surface area contributed by atoms with Crippen LogP contribution in [0.3, 0.4) is 0 Å². The van der Waals surface area contributed by atoms with Crippen LogP contribution in [0.2, 0.25) is 0 Å². The highest BCUT2D eigenvalue weighted by Crippen LogP contribution is 2.22. The first kappa shape index (κ1) is 14.9. The lowest BCUT2D eigenvalue weighted by Crippen LogP contribution is -2.24. The SMILES string of the molecule is Cc1ccc2c(CC(=O)NCc3cccc(Br)c3)coc2c1. The number of fused-ring (bicyclic) bond motifs is 1. The van der Waals surface area contributed by atoms with Crippen LogP contribution in [0.25, 0.3) is 11.0 Å². The van der Waals surface area contributed by atoms with Crippen molar-refractivity contribution in [3.05, 3.63) is 69.9 Å². The summed E-state index contributed by atoms with van der Waals surface area (Å²) < 4.78 is 6.53. The summed E-state index contributed by atoms with van der Waals surface area (Å²) in [6.07, 6.45) is 1.99. The number of hydrogen-bond acceptors (Lipinski definition) is 2. The molecule has 1 amide bonds. The highest BCUT2D eigenvalue weighted by Gasteiger charge is 2.10. The minimum absolute atomic E-state index is 0.0109. The van der Waals surface area contributed by atoms with Crippen molar-refractivity contribution in [3.8, 4) is 0 Å². The minimum Gasteiger partial charge on any atom is -0.464 e. The maximum Gasteiger partial charge on any atom is 0.224 e. The van der Waals surface area contributed by atoms with E-state index in [2.05, 4.69) is 21.2 Å². The number of rotatable bonds is 4. The molecule has 0 saturated heterocycles. The Morgan fingerprint density at radius 2 is 2.09 bits per heavy atom. The van der Waals surface area contributed by atoms with Gasteiger partial charge in [0.15, 0.2) is 0 Å². The predicted octanol–water partition coefficient (Wildman–Crippen LogP) is 4.36. The number of benzene rings is 2. The van der Waals surface area contributed by atoms with Gasteiger partial charge in [0.25, 0.3) is 0 Å². The number of amides is 1. The zero-order chi connectivity index (χ0) is 15.5. The molecule has 0 fully saturated rings. The third-order valence-electron chi connectivity index (χ3n) is 3.54. The van der Waals surface area contributed by atoms with Crippen molar-refractivity contribution >= 4 is 32.8 Å². The highest BCUT2D eigenvalue weighted by molar-refractivity contribution is 9.10. The topological polar surface area (TPSA) is 42.2 Å². The molecule has 4 heteroatoms. The van der Waals surface area contributed by atoms with Crippen LogP contribution in [0.1, 0.15) is 16.7 Å². The average Bonchev–Trinajstić information content (AvgIpc) is 2.87. The molecule has 22 heavy (non-hydrogen) atoms. The Hall–Kier alpha value is -2.07. The molecule has 0 aliphatic heterocycles. The van der Waals surface area contributed by atoms with E-state index in [0.29, 0.717) is 13.0 Å². The molecule has 0 bridgehead atoms. The van der Waals surface area contributed by atoms with E-state index in [-0.39, 0.29) is 5.91 Å². The molecule has 1 N–H and O–H groups in total. The van der Waals surface area contributed by atoms with Gasteiger partial charge in [-0.05, 0) is 36.2 Å². The van der Waals surface area contributed by atoms with Crippen LogP contribution in [-0.2, 0) is 17.8 Å². The molecule has 0 unspecified atom stereocenters. The van der Waals surface area contributed by atoms with Crippen LogP contribution < -0.4 is 5.32 Å². The number of furan rings is 1. The van der Waals surface area contributed by atoms with Crippen molar-refractivity contribution in [2.24, 2.45) is 0 Å². The van der Waals surface area contributed by atoms with Gasteiger partial charge in [-0.3, -0.25) is 4.79 Å². The summed E-state index contributed by atoms with van der Waals surface area (Å²) in [4.78, 5) is 12.1. The molecule has 1 heterocycles. The van der Waals surface area contributed by atoms with Gasteiger partial charge in [0, 0.05) is 22.0 Å². The van der Waals surface area contributed by atoms with Gasteiger partial charge in [0.2, 0.25) is 5.91 Å². The van der Waals surface area contributed by atoms with E-state index in [9.17, 15) is 4.79 Å². The van der Waals surface area contributed by atoms with Gasteiger partial charge >= 0.3 is 0 Å². The van der Waals surface area contributed by atoms with Crippen LogP contribution in [-0.4, -0.2) is 5.91 Å². The third kappa shape index (κ3) is 3.39. The quantitative estimate of drug-likeness (QED) is 0.753. The van der Waals surface area contributed by atoms with Crippen LogP contribution in [0, 0.1) is 6.92 Å². The van der Waals surface area contributed by atoms with Gasteiger partial charge in [0.05, 0.1) is 12.7 Å². The van der Waals surface area contributed by atoms with E-state index >= 15 is 0 Å². The lowest BCUT2D eigenvalue weighted by Gasteiger charge is -2.05. The molecule has 0 saturated carbocycles. The van der Waals surface area contributed by atoms with Crippen LogP contribution in [0.5, 0.6) is 0 Å². The zero-order valence-electron chi connectivity index (χ0n) is 12.2. The van der Waals surface area contributed by atoms with Crippen molar-refractivity contribution in [2.45, 2.75) is 19.9 Å². The Morgan fingerprint density at radius 3 is 2.91 bits per heavy atom. The third-order valence-corrected chi connectivity index (χ3v) is 4.03. The molecule has 2 aromatic carbocycles. The van der Waals surface area contributed by atoms with Gasteiger partial charge < -0.3 is 9.73 Å². The fourth-order valence-corrected chi connectivity index (χ4v) is 2.86. The molecule has 0 aliphatic rings. The van der Waals surface area contributed by atoms with Crippen molar-refractivity contribution in [2.75, 3.05) is 0 Å². The second-order valence-corrected chi connectivity index (χ2v) is 6.26. The van der Waals surface area contributed by atoms with E-state index in [1.54, 1.807) is 6.26 Å². The smallest absolute Gasteiger partial charge is 0.224 e. The fraction of sp³-hybridized carbons (Fsp3) is 0.167. The number of halogens is 1. The van der Waals surface area contributed by atoms with E-state index < -0.39 is 0 Å². The Labute approximate surface area is 137 Å². The lowest BCUT2D eigenvalue weighted by molar-refractivity contribution is -0.120. The van der Waals surface area contributed by atoms with Crippen molar-refractivity contribution in [1.82, 2.24) is 5.32 Å². The largest absolute Gasteiger partial charge is 0.464 e. The van der Waals surface area contributed by atoms with Crippen LogP contribution >= 0.6 is 15.9 Å². The summed E-state index contributed by atoms with van der Waals surface area (Å²) in [5.41, 5.74) is 3.96. The standard InChI is InChI=1S/C18H16BrNO2/c1-12-5-6-16-14(11-22-17(16)7-12)9-18(21)20-10-13-3-2-4-15(19)8-13/h2-8,11H,9-10H2,1H3,(H,20,21). The van der Waals surface area contributed by atoms with Crippen molar-refractivity contribution < 1.29 is 9.21 Å². The van der Waals surface area contributed by atoms with Crippen LogP contribution in [0.15, 0.2) is 57.6 Å². The number of carbonyl (C=O) groups excluding carboxylic acids is 1. The normalized spacial score (nSPS) is 10.8. The zero-order valence-corrected chi connectivity index (χ0v) is 13.8. The molecule has 3 nitrogen and oxygen atoms in total. The Bertz CT molecular complexity index is 823. The number of nitrogens with one attached hydrogen (secondary N) is 1. The lowest BCUT2D eigenvalue weighted by atomic mass is 10.1. The molecule has 3 rings (SSSR count). The number of carbonyl (C=O) groups is 1. The van der Waals surface area contributed by atoms with Gasteiger partial charge in [-0.25, -0.2) is 0 Å². The molecule has 0 radical (unpaired) electrons. The van der Waals surface area contributed by atoms with E-state index in [0.717, 1.165) is 32.1 Å². The van der Waals surface area contributed by atoms with Gasteiger partial charge in [0.1, 0.15) is 5.58 Å². The molecule has 1 aromatic heterocycles. The van der Waals surface area contributed by atoms with E-state index in [1.807, 2.05) is 49.4 Å². The summed E-state index contributed by atoms with van der Waals surface area (Å²) in [5, 5.41) is 3.94. The molecule has 112 valence electrons. The number of aryl methyl sites for hydroxylation is 1. The highest BCUT2D eigenvalue weighted by atomic mass is 79.9. The Balaban J connectivity index is 1.66. The second-order valence-electron chi connectivity index (χ2n) is 5.34. The van der Waals surface area contributed by atoms with Crippen LogP contribution in [0.4, 0.5) is 0 Å². The molecule has 3 aromatic rings. The molecule has 0 atom stereocenters. The molecule has 0 spiro atoms. The maximum atomic E-state index is 12.1. The van der Waals surface area contributed by atoms with Crippen molar-refractivity contribution in [1.29, 1.82) is 0 Å². The monoisotopic (exact) mass is 357 g/mol. The summed E-state index contributed by atoms with van der Waals surface area (Å²) in [5.74, 6) is -0.0109. The minimum atomic E-state index is -0.0109. The first-order valence-corrected chi connectivity index (χ1v) is 7.89. The molecular weight excluding hydrogens is 342 g/mol. The predicted molar refractivity (Wildman–Crippen MR) is 90.6 cm³/mol. The van der Waals surface area contributed by atoms with E-state index in [4.69, 9.17) is 4.42 Å². The summed E-state index contributed by atoms with van der Waals surface area (Å²) in [6, 6.07) is 13.9. The van der Waals surface area contributed by atoms with Gasteiger partial charge in [-0.2, -0.15) is 0 Å². The number of hydrogen-bond donors (Lipinski definition) is 1. The van der Waals surface area contributed by atoms with Gasteiger partial charge in [-0.15, -0.1) is 0 Å². The average molecular weight is 358 g/mol. The second kappa shape index (κ2) is 6.36.